The first-order chi connectivity index (χ1) is 12.8. The first-order valence-corrected chi connectivity index (χ1v) is 10.3. The zero-order chi connectivity index (χ0) is 19.6. The SMILES string of the molecule is Cc1ccc(OC(=O)C2CCN(S(=O)(=O)c3ccc(F)cc3)CC2)c(C)c1. The summed E-state index contributed by atoms with van der Waals surface area (Å²) in [6.07, 6.45) is 0.786. The maximum Gasteiger partial charge on any atom is 0.314 e. The van der Waals surface area contributed by atoms with Gasteiger partial charge in [0.1, 0.15) is 11.6 Å². The van der Waals surface area contributed by atoms with Crippen LogP contribution in [0, 0.1) is 25.6 Å². The van der Waals surface area contributed by atoms with Gasteiger partial charge in [-0.25, -0.2) is 12.8 Å². The fourth-order valence-corrected chi connectivity index (χ4v) is 4.66. The van der Waals surface area contributed by atoms with Crippen LogP contribution in [0.15, 0.2) is 47.4 Å². The zero-order valence-electron chi connectivity index (χ0n) is 15.3. The standard InChI is InChI=1S/C20H22FNO4S/c1-14-3-8-19(15(2)13-14)26-20(23)16-9-11-22(12-10-16)27(24,25)18-6-4-17(21)5-7-18/h3-8,13,16H,9-12H2,1-2H3. The molecular formula is C20H22FNO4S. The predicted octanol–water partition coefficient (Wildman–Crippen LogP) is 3.45. The van der Waals surface area contributed by atoms with Crippen molar-refractivity contribution in [2.24, 2.45) is 5.92 Å². The Kier molecular flexibility index (Phi) is 5.62. The Morgan fingerprint density at radius 2 is 1.70 bits per heavy atom. The van der Waals surface area contributed by atoms with Crippen molar-refractivity contribution in [1.29, 1.82) is 0 Å². The van der Waals surface area contributed by atoms with Gasteiger partial charge in [-0.05, 0) is 62.6 Å². The number of hydrogen-bond acceptors (Lipinski definition) is 4. The average molecular weight is 391 g/mol. The minimum Gasteiger partial charge on any atom is -0.426 e. The molecule has 2 aromatic rings. The zero-order valence-corrected chi connectivity index (χ0v) is 16.1. The highest BCUT2D eigenvalue weighted by atomic mass is 32.2. The molecule has 7 heteroatoms. The lowest BCUT2D eigenvalue weighted by Gasteiger charge is -2.30. The number of piperidine rings is 1. The molecule has 0 aliphatic carbocycles. The highest BCUT2D eigenvalue weighted by Gasteiger charge is 2.33. The molecule has 5 nitrogen and oxygen atoms in total. The summed E-state index contributed by atoms with van der Waals surface area (Å²) in [7, 11) is -3.68. The van der Waals surface area contributed by atoms with Crippen molar-refractivity contribution in [1.82, 2.24) is 4.31 Å². The van der Waals surface area contributed by atoms with Crippen LogP contribution in [-0.4, -0.2) is 31.8 Å². The number of esters is 1. The molecule has 1 aliphatic heterocycles. The third-order valence-electron chi connectivity index (χ3n) is 4.78. The second-order valence-electron chi connectivity index (χ2n) is 6.82. The molecule has 1 fully saturated rings. The molecule has 27 heavy (non-hydrogen) atoms. The van der Waals surface area contributed by atoms with E-state index < -0.39 is 15.8 Å². The summed E-state index contributed by atoms with van der Waals surface area (Å²) in [5.41, 5.74) is 1.98. The van der Waals surface area contributed by atoms with Crippen LogP contribution in [0.4, 0.5) is 4.39 Å². The third kappa shape index (κ3) is 4.36. The predicted molar refractivity (Wildman–Crippen MR) is 99.4 cm³/mol. The van der Waals surface area contributed by atoms with Crippen molar-refractivity contribution in [2.45, 2.75) is 31.6 Å². The van der Waals surface area contributed by atoms with Gasteiger partial charge in [0, 0.05) is 13.1 Å². The number of benzene rings is 2. The smallest absolute Gasteiger partial charge is 0.314 e. The van der Waals surface area contributed by atoms with E-state index in [4.69, 9.17) is 4.74 Å². The number of nitrogens with zero attached hydrogens (tertiary/aromatic N) is 1. The molecule has 0 N–H and O–H groups in total. The van der Waals surface area contributed by atoms with E-state index in [0.29, 0.717) is 18.6 Å². The monoisotopic (exact) mass is 391 g/mol. The van der Waals surface area contributed by atoms with Gasteiger partial charge in [0.2, 0.25) is 10.0 Å². The lowest BCUT2D eigenvalue weighted by molar-refractivity contribution is -0.140. The Morgan fingerprint density at radius 3 is 2.30 bits per heavy atom. The summed E-state index contributed by atoms with van der Waals surface area (Å²) in [6.45, 7) is 4.31. The normalized spacial score (nSPS) is 16.3. The van der Waals surface area contributed by atoms with Crippen LogP contribution in [0.1, 0.15) is 24.0 Å². The molecule has 0 radical (unpaired) electrons. The summed E-state index contributed by atoms with van der Waals surface area (Å²) < 4.78 is 45.1. The van der Waals surface area contributed by atoms with Crippen molar-refractivity contribution in [3.05, 3.63) is 59.4 Å². The largest absolute Gasteiger partial charge is 0.426 e. The number of halogens is 1. The molecule has 0 unspecified atom stereocenters. The van der Waals surface area contributed by atoms with E-state index in [0.717, 1.165) is 23.3 Å². The Balaban J connectivity index is 1.62. The van der Waals surface area contributed by atoms with Crippen molar-refractivity contribution in [2.75, 3.05) is 13.1 Å². The van der Waals surface area contributed by atoms with Crippen molar-refractivity contribution < 1.29 is 22.3 Å². The van der Waals surface area contributed by atoms with E-state index in [9.17, 15) is 17.6 Å². The first kappa shape index (κ1) is 19.5. The van der Waals surface area contributed by atoms with E-state index >= 15 is 0 Å². The molecule has 3 rings (SSSR count). The van der Waals surface area contributed by atoms with Gasteiger partial charge in [0.25, 0.3) is 0 Å². The minimum absolute atomic E-state index is 0.0557. The molecular weight excluding hydrogens is 369 g/mol. The van der Waals surface area contributed by atoms with Crippen LogP contribution < -0.4 is 4.74 Å². The average Bonchev–Trinajstić information content (AvgIpc) is 2.64. The molecule has 144 valence electrons. The molecule has 0 spiro atoms. The molecule has 0 bridgehead atoms. The number of aryl methyl sites for hydroxylation is 2. The number of carbonyl (C=O) groups excluding carboxylic acids is 1. The second kappa shape index (κ2) is 7.78. The Morgan fingerprint density at radius 1 is 1.07 bits per heavy atom. The van der Waals surface area contributed by atoms with E-state index in [-0.39, 0.29) is 29.9 Å². The van der Waals surface area contributed by atoms with Crippen LogP contribution in [0.25, 0.3) is 0 Å². The molecule has 1 aliphatic rings. The van der Waals surface area contributed by atoms with E-state index in [1.807, 2.05) is 26.0 Å². The summed E-state index contributed by atoms with van der Waals surface area (Å²) in [5, 5.41) is 0. The minimum atomic E-state index is -3.68. The van der Waals surface area contributed by atoms with Crippen molar-refractivity contribution >= 4 is 16.0 Å². The van der Waals surface area contributed by atoms with Gasteiger partial charge in [-0.1, -0.05) is 17.7 Å². The number of hydrogen-bond donors (Lipinski definition) is 0. The van der Waals surface area contributed by atoms with Gasteiger partial charge in [-0.2, -0.15) is 4.31 Å². The van der Waals surface area contributed by atoms with Crippen LogP contribution in [0.5, 0.6) is 5.75 Å². The quantitative estimate of drug-likeness (QED) is 0.592. The summed E-state index contributed by atoms with van der Waals surface area (Å²) in [5.74, 6) is -0.625. The van der Waals surface area contributed by atoms with E-state index in [2.05, 4.69) is 0 Å². The van der Waals surface area contributed by atoms with Crippen LogP contribution in [-0.2, 0) is 14.8 Å². The van der Waals surface area contributed by atoms with E-state index in [1.54, 1.807) is 6.07 Å². The number of carbonyl (C=O) groups is 1. The van der Waals surface area contributed by atoms with Gasteiger partial charge in [-0.15, -0.1) is 0 Å². The first-order valence-electron chi connectivity index (χ1n) is 8.82. The fraction of sp³-hybridized carbons (Fsp3) is 0.350. The summed E-state index contributed by atoms with van der Waals surface area (Å²) in [6, 6.07) is 10.4. The lowest BCUT2D eigenvalue weighted by atomic mass is 9.98. The molecule has 1 heterocycles. The van der Waals surface area contributed by atoms with Gasteiger partial charge < -0.3 is 4.74 Å². The lowest BCUT2D eigenvalue weighted by Crippen LogP contribution is -2.41. The number of rotatable bonds is 4. The second-order valence-corrected chi connectivity index (χ2v) is 8.76. The molecule has 0 saturated carbocycles. The van der Waals surface area contributed by atoms with Crippen LogP contribution in [0.2, 0.25) is 0 Å². The number of sulfonamides is 1. The maximum atomic E-state index is 13.0. The fourth-order valence-electron chi connectivity index (χ4n) is 3.19. The molecule has 0 amide bonds. The van der Waals surface area contributed by atoms with Gasteiger partial charge in [0.15, 0.2) is 0 Å². The molecule has 2 aromatic carbocycles. The summed E-state index contributed by atoms with van der Waals surface area (Å²) >= 11 is 0. The van der Waals surface area contributed by atoms with Gasteiger partial charge in [-0.3, -0.25) is 4.79 Å². The molecule has 1 saturated heterocycles. The highest BCUT2D eigenvalue weighted by molar-refractivity contribution is 7.89. The van der Waals surface area contributed by atoms with Crippen LogP contribution >= 0.6 is 0 Å². The van der Waals surface area contributed by atoms with Crippen molar-refractivity contribution in [3.8, 4) is 5.75 Å². The Labute approximate surface area is 158 Å². The molecule has 0 aromatic heterocycles. The topological polar surface area (TPSA) is 63.7 Å². The van der Waals surface area contributed by atoms with E-state index in [1.165, 1.54) is 16.4 Å². The molecule has 0 atom stereocenters. The number of ether oxygens (including phenoxy) is 1. The van der Waals surface area contributed by atoms with Gasteiger partial charge >= 0.3 is 5.97 Å². The summed E-state index contributed by atoms with van der Waals surface area (Å²) in [4.78, 5) is 12.5. The van der Waals surface area contributed by atoms with Gasteiger partial charge in [0.05, 0.1) is 10.8 Å². The van der Waals surface area contributed by atoms with Crippen LogP contribution in [0.3, 0.4) is 0 Å². The Bertz CT molecular complexity index is 933. The highest BCUT2D eigenvalue weighted by Crippen LogP contribution is 2.26. The Hall–Kier alpha value is -2.25. The van der Waals surface area contributed by atoms with Crippen molar-refractivity contribution in [3.63, 3.8) is 0 Å². The third-order valence-corrected chi connectivity index (χ3v) is 6.69. The maximum absolute atomic E-state index is 13.0.